The van der Waals surface area contributed by atoms with Crippen LogP contribution in [-0.2, 0) is 0 Å². The Labute approximate surface area is 88.1 Å². The first-order valence-corrected chi connectivity index (χ1v) is 6.16. The van der Waals surface area contributed by atoms with Gasteiger partial charge in [-0.15, -0.1) is 0 Å². The van der Waals surface area contributed by atoms with Crippen molar-refractivity contribution in [1.82, 2.24) is 10.2 Å². The van der Waals surface area contributed by atoms with Crippen molar-refractivity contribution in [3.05, 3.63) is 0 Å². The van der Waals surface area contributed by atoms with E-state index in [1.165, 1.54) is 32.4 Å². The summed E-state index contributed by atoms with van der Waals surface area (Å²) in [5, 5.41) is 3.63. The Bertz CT molecular complexity index is 185. The fraction of sp³-hybridized carbons (Fsp3) is 1.00. The molecule has 2 nitrogen and oxygen atoms in total. The second kappa shape index (κ2) is 4.19. The van der Waals surface area contributed by atoms with Gasteiger partial charge >= 0.3 is 0 Å². The molecule has 1 saturated carbocycles. The predicted octanol–water partition coefficient (Wildman–Crippen LogP) is 1.86. The topological polar surface area (TPSA) is 15.3 Å². The summed E-state index contributed by atoms with van der Waals surface area (Å²) < 4.78 is 0. The molecule has 2 unspecified atom stereocenters. The van der Waals surface area contributed by atoms with Gasteiger partial charge in [0.25, 0.3) is 0 Å². The Kier molecular flexibility index (Phi) is 3.13. The summed E-state index contributed by atoms with van der Waals surface area (Å²) in [4.78, 5) is 2.69. The SMILES string of the molecule is CC1CNC(CN(C(C)C)C2CC2)C1. The van der Waals surface area contributed by atoms with E-state index in [2.05, 4.69) is 31.0 Å². The molecule has 2 aliphatic rings. The van der Waals surface area contributed by atoms with E-state index in [4.69, 9.17) is 0 Å². The van der Waals surface area contributed by atoms with Gasteiger partial charge in [-0.1, -0.05) is 6.92 Å². The van der Waals surface area contributed by atoms with Crippen LogP contribution in [-0.4, -0.2) is 36.1 Å². The molecule has 0 aromatic carbocycles. The molecule has 1 N–H and O–H groups in total. The zero-order valence-electron chi connectivity index (χ0n) is 9.79. The van der Waals surface area contributed by atoms with Gasteiger partial charge in [-0.25, -0.2) is 0 Å². The van der Waals surface area contributed by atoms with Gasteiger partial charge in [-0.3, -0.25) is 4.90 Å². The maximum atomic E-state index is 3.63. The third-order valence-corrected chi connectivity index (χ3v) is 3.55. The molecule has 0 aromatic rings. The Morgan fingerprint density at radius 1 is 1.36 bits per heavy atom. The van der Waals surface area contributed by atoms with Gasteiger partial charge < -0.3 is 5.32 Å². The van der Waals surface area contributed by atoms with Gasteiger partial charge in [0.2, 0.25) is 0 Å². The highest BCUT2D eigenvalue weighted by molar-refractivity contribution is 4.90. The molecule has 2 atom stereocenters. The minimum Gasteiger partial charge on any atom is -0.312 e. The van der Waals surface area contributed by atoms with E-state index >= 15 is 0 Å². The van der Waals surface area contributed by atoms with Crippen molar-refractivity contribution in [2.75, 3.05) is 13.1 Å². The lowest BCUT2D eigenvalue weighted by molar-refractivity contribution is 0.192. The third-order valence-electron chi connectivity index (χ3n) is 3.55. The summed E-state index contributed by atoms with van der Waals surface area (Å²) in [5.74, 6) is 0.883. The van der Waals surface area contributed by atoms with Crippen molar-refractivity contribution in [1.29, 1.82) is 0 Å². The second-order valence-electron chi connectivity index (χ2n) is 5.47. The summed E-state index contributed by atoms with van der Waals surface area (Å²) in [6, 6.07) is 2.39. The van der Waals surface area contributed by atoms with Crippen molar-refractivity contribution in [2.24, 2.45) is 5.92 Å². The van der Waals surface area contributed by atoms with Crippen molar-refractivity contribution in [3.63, 3.8) is 0 Å². The van der Waals surface area contributed by atoms with Crippen molar-refractivity contribution in [2.45, 2.75) is 58.2 Å². The van der Waals surface area contributed by atoms with Crippen LogP contribution in [0.2, 0.25) is 0 Å². The van der Waals surface area contributed by atoms with Gasteiger partial charge in [0.15, 0.2) is 0 Å². The molecule has 1 aliphatic heterocycles. The lowest BCUT2D eigenvalue weighted by Gasteiger charge is -2.29. The molecular weight excluding hydrogens is 172 g/mol. The average Bonchev–Trinajstić information content (AvgIpc) is 2.86. The highest BCUT2D eigenvalue weighted by atomic mass is 15.2. The number of rotatable bonds is 4. The molecule has 2 heteroatoms. The van der Waals surface area contributed by atoms with Gasteiger partial charge in [0.1, 0.15) is 0 Å². The first kappa shape index (κ1) is 10.4. The number of hydrogen-bond acceptors (Lipinski definition) is 2. The molecule has 1 saturated heterocycles. The van der Waals surface area contributed by atoms with E-state index in [1.807, 2.05) is 0 Å². The largest absolute Gasteiger partial charge is 0.312 e. The van der Waals surface area contributed by atoms with Gasteiger partial charge in [0.05, 0.1) is 0 Å². The molecule has 0 bridgehead atoms. The Morgan fingerprint density at radius 2 is 2.07 bits per heavy atom. The normalized spacial score (nSPS) is 33.2. The first-order chi connectivity index (χ1) is 6.66. The van der Waals surface area contributed by atoms with Crippen LogP contribution in [0.1, 0.15) is 40.0 Å². The zero-order valence-corrected chi connectivity index (χ0v) is 9.79. The molecule has 2 rings (SSSR count). The predicted molar refractivity (Wildman–Crippen MR) is 60.4 cm³/mol. The molecular formula is C12H24N2. The van der Waals surface area contributed by atoms with Gasteiger partial charge in [-0.05, 0) is 45.6 Å². The van der Waals surface area contributed by atoms with Crippen LogP contribution in [0.5, 0.6) is 0 Å². The maximum Gasteiger partial charge on any atom is 0.0198 e. The van der Waals surface area contributed by atoms with Crippen LogP contribution < -0.4 is 5.32 Å². The van der Waals surface area contributed by atoms with Crippen LogP contribution in [0.25, 0.3) is 0 Å². The summed E-state index contributed by atoms with van der Waals surface area (Å²) in [6.07, 6.45) is 4.23. The first-order valence-electron chi connectivity index (χ1n) is 6.16. The summed E-state index contributed by atoms with van der Waals surface area (Å²) >= 11 is 0. The standard InChI is InChI=1S/C12H24N2/c1-9(2)14(12-4-5-12)8-11-6-10(3)7-13-11/h9-13H,4-8H2,1-3H3. The quantitative estimate of drug-likeness (QED) is 0.738. The van der Waals surface area contributed by atoms with E-state index < -0.39 is 0 Å². The fourth-order valence-corrected chi connectivity index (χ4v) is 2.60. The number of hydrogen-bond donors (Lipinski definition) is 1. The molecule has 0 aromatic heterocycles. The fourth-order valence-electron chi connectivity index (χ4n) is 2.60. The average molecular weight is 196 g/mol. The third kappa shape index (κ3) is 2.48. The molecule has 14 heavy (non-hydrogen) atoms. The van der Waals surface area contributed by atoms with Crippen molar-refractivity contribution in [3.8, 4) is 0 Å². The van der Waals surface area contributed by atoms with Crippen LogP contribution in [0.4, 0.5) is 0 Å². The Hall–Kier alpha value is -0.0800. The zero-order chi connectivity index (χ0) is 10.1. The van der Waals surface area contributed by atoms with E-state index in [9.17, 15) is 0 Å². The number of nitrogens with one attached hydrogen (secondary N) is 1. The van der Waals surface area contributed by atoms with Crippen molar-refractivity contribution < 1.29 is 0 Å². The van der Waals surface area contributed by atoms with E-state index in [0.717, 1.165) is 24.0 Å². The lowest BCUT2D eigenvalue weighted by atomic mass is 10.1. The van der Waals surface area contributed by atoms with Crippen LogP contribution in [0.3, 0.4) is 0 Å². The summed E-state index contributed by atoms with van der Waals surface area (Å²) in [7, 11) is 0. The summed E-state index contributed by atoms with van der Waals surface area (Å²) in [5.41, 5.74) is 0. The molecule has 0 spiro atoms. The van der Waals surface area contributed by atoms with E-state index in [-0.39, 0.29) is 0 Å². The van der Waals surface area contributed by atoms with Gasteiger partial charge in [-0.2, -0.15) is 0 Å². The van der Waals surface area contributed by atoms with Crippen LogP contribution in [0, 0.1) is 5.92 Å². The number of nitrogens with zero attached hydrogens (tertiary/aromatic N) is 1. The van der Waals surface area contributed by atoms with Crippen molar-refractivity contribution >= 4 is 0 Å². The van der Waals surface area contributed by atoms with Gasteiger partial charge in [0, 0.05) is 24.7 Å². The second-order valence-corrected chi connectivity index (χ2v) is 5.47. The monoisotopic (exact) mass is 196 g/mol. The van der Waals surface area contributed by atoms with Crippen LogP contribution in [0.15, 0.2) is 0 Å². The van der Waals surface area contributed by atoms with E-state index in [1.54, 1.807) is 0 Å². The minimum atomic E-state index is 0.722. The molecule has 1 heterocycles. The van der Waals surface area contributed by atoms with E-state index in [0.29, 0.717) is 0 Å². The smallest absolute Gasteiger partial charge is 0.0198 e. The molecule has 2 fully saturated rings. The molecule has 82 valence electrons. The Morgan fingerprint density at radius 3 is 2.50 bits per heavy atom. The summed E-state index contributed by atoms with van der Waals surface area (Å²) in [6.45, 7) is 9.51. The molecule has 1 aliphatic carbocycles. The maximum absolute atomic E-state index is 3.63. The lowest BCUT2D eigenvalue weighted by Crippen LogP contribution is -2.42. The highest BCUT2D eigenvalue weighted by Crippen LogP contribution is 2.29. The molecule has 0 radical (unpaired) electrons. The van der Waals surface area contributed by atoms with Crippen LogP contribution >= 0.6 is 0 Å². The minimum absolute atomic E-state index is 0.722. The highest BCUT2D eigenvalue weighted by Gasteiger charge is 2.33. The molecule has 0 amide bonds. The Balaban J connectivity index is 1.81.